The number of fused-ring (bicyclic) bond motifs is 1. The molecule has 0 N–H and O–H groups in total. The number of pyridine rings is 1. The van der Waals surface area contributed by atoms with E-state index in [1.807, 2.05) is 23.1 Å². The summed E-state index contributed by atoms with van der Waals surface area (Å²) in [5.74, 6) is 1.08. The average Bonchev–Trinajstić information content (AvgIpc) is 3.22. The molecule has 2 aromatic rings. The summed E-state index contributed by atoms with van der Waals surface area (Å²) >= 11 is 0. The third kappa shape index (κ3) is 2.65. The van der Waals surface area contributed by atoms with E-state index in [1.54, 1.807) is 13.1 Å². The van der Waals surface area contributed by atoms with Crippen molar-refractivity contribution in [3.8, 4) is 5.88 Å². The fourth-order valence-corrected chi connectivity index (χ4v) is 3.52. The van der Waals surface area contributed by atoms with Gasteiger partial charge in [0, 0.05) is 18.8 Å². The number of hydrogen-bond donors (Lipinski definition) is 0. The number of ether oxygens (including phenoxy) is 2. The van der Waals surface area contributed by atoms with Crippen molar-refractivity contribution in [2.24, 2.45) is 0 Å². The summed E-state index contributed by atoms with van der Waals surface area (Å²) in [6, 6.07) is 5.58. The van der Waals surface area contributed by atoms with E-state index in [4.69, 9.17) is 14.0 Å². The van der Waals surface area contributed by atoms with Crippen LogP contribution < -0.4 is 4.74 Å². The second-order valence-electron chi connectivity index (χ2n) is 6.10. The minimum absolute atomic E-state index is 0.00858. The molecule has 4 rings (SSSR count). The molecule has 1 amide bonds. The van der Waals surface area contributed by atoms with Crippen molar-refractivity contribution in [1.82, 2.24) is 15.0 Å². The van der Waals surface area contributed by atoms with Gasteiger partial charge in [0.25, 0.3) is 5.91 Å². The van der Waals surface area contributed by atoms with Crippen LogP contribution in [0.15, 0.2) is 35.1 Å². The largest absolute Gasteiger partial charge is 0.471 e. The number of hydrogen-bond acceptors (Lipinski definition) is 6. The molecule has 3 atom stereocenters. The fraction of sp³-hybridized carbons (Fsp3) is 0.471. The van der Waals surface area contributed by atoms with Crippen LogP contribution in [0.5, 0.6) is 5.88 Å². The van der Waals surface area contributed by atoms with Crippen LogP contribution in [0.25, 0.3) is 0 Å². The van der Waals surface area contributed by atoms with Crippen molar-refractivity contribution in [1.29, 1.82) is 0 Å². The van der Waals surface area contributed by atoms with Crippen LogP contribution in [0.4, 0.5) is 0 Å². The zero-order valence-electron chi connectivity index (χ0n) is 13.4. The molecule has 24 heavy (non-hydrogen) atoms. The number of nitrogens with zero attached hydrogens (tertiary/aromatic N) is 3. The second-order valence-corrected chi connectivity index (χ2v) is 6.10. The zero-order chi connectivity index (χ0) is 16.5. The highest BCUT2D eigenvalue weighted by Crippen LogP contribution is 2.33. The first-order chi connectivity index (χ1) is 11.7. The highest BCUT2D eigenvalue weighted by atomic mass is 16.5. The monoisotopic (exact) mass is 329 g/mol. The van der Waals surface area contributed by atoms with Gasteiger partial charge in [0.1, 0.15) is 23.5 Å². The number of carbonyl (C=O) groups is 1. The number of aromatic nitrogens is 2. The first-order valence-electron chi connectivity index (χ1n) is 8.15. The zero-order valence-corrected chi connectivity index (χ0v) is 13.4. The summed E-state index contributed by atoms with van der Waals surface area (Å²) in [4.78, 5) is 18.9. The second kappa shape index (κ2) is 6.24. The van der Waals surface area contributed by atoms with Crippen LogP contribution in [-0.2, 0) is 4.74 Å². The molecule has 1 saturated carbocycles. The van der Waals surface area contributed by atoms with Crippen LogP contribution in [0.2, 0.25) is 0 Å². The van der Waals surface area contributed by atoms with E-state index >= 15 is 0 Å². The molecular weight excluding hydrogens is 310 g/mol. The number of morpholine rings is 1. The van der Waals surface area contributed by atoms with E-state index in [-0.39, 0.29) is 24.2 Å². The number of rotatable bonds is 3. The summed E-state index contributed by atoms with van der Waals surface area (Å²) in [7, 11) is 0. The van der Waals surface area contributed by atoms with E-state index in [1.165, 1.54) is 6.20 Å². The van der Waals surface area contributed by atoms with Gasteiger partial charge in [-0.05, 0) is 25.8 Å². The lowest BCUT2D eigenvalue weighted by atomic mass is 10.1. The summed E-state index contributed by atoms with van der Waals surface area (Å²) < 4.78 is 16.9. The van der Waals surface area contributed by atoms with Crippen LogP contribution >= 0.6 is 0 Å². The Labute approximate surface area is 139 Å². The highest BCUT2D eigenvalue weighted by molar-refractivity contribution is 5.95. The quantitative estimate of drug-likeness (QED) is 0.855. The predicted octanol–water partition coefficient (Wildman–Crippen LogP) is 1.83. The first kappa shape index (κ1) is 15.1. The molecule has 7 nitrogen and oxygen atoms in total. The van der Waals surface area contributed by atoms with Crippen LogP contribution in [0.3, 0.4) is 0 Å². The van der Waals surface area contributed by atoms with Gasteiger partial charge in [-0.25, -0.2) is 4.98 Å². The summed E-state index contributed by atoms with van der Waals surface area (Å²) in [6.45, 7) is 2.82. The van der Waals surface area contributed by atoms with E-state index in [0.717, 1.165) is 12.8 Å². The van der Waals surface area contributed by atoms with Gasteiger partial charge in [0.05, 0.1) is 18.8 Å². The Kier molecular flexibility index (Phi) is 3.93. The van der Waals surface area contributed by atoms with Crippen molar-refractivity contribution in [2.45, 2.75) is 38.0 Å². The molecule has 2 fully saturated rings. The van der Waals surface area contributed by atoms with Gasteiger partial charge in [-0.15, -0.1) is 0 Å². The van der Waals surface area contributed by atoms with Gasteiger partial charge in [-0.2, -0.15) is 0 Å². The maximum absolute atomic E-state index is 12.8. The lowest BCUT2D eigenvalue weighted by molar-refractivity contribution is -0.0793. The van der Waals surface area contributed by atoms with Crippen molar-refractivity contribution in [2.75, 3.05) is 13.2 Å². The predicted molar refractivity (Wildman–Crippen MR) is 83.7 cm³/mol. The molecule has 1 aliphatic heterocycles. The molecule has 2 aromatic heterocycles. The summed E-state index contributed by atoms with van der Waals surface area (Å²) in [5, 5.41) is 3.71. The third-order valence-electron chi connectivity index (χ3n) is 4.69. The van der Waals surface area contributed by atoms with E-state index in [9.17, 15) is 4.79 Å². The van der Waals surface area contributed by atoms with E-state index < -0.39 is 0 Å². The minimum Gasteiger partial charge on any atom is -0.471 e. The van der Waals surface area contributed by atoms with Crippen LogP contribution in [0.1, 0.15) is 29.0 Å². The van der Waals surface area contributed by atoms with Gasteiger partial charge in [0.15, 0.2) is 0 Å². The van der Waals surface area contributed by atoms with Gasteiger partial charge in [-0.1, -0.05) is 11.2 Å². The highest BCUT2D eigenvalue weighted by Gasteiger charge is 2.46. The summed E-state index contributed by atoms with van der Waals surface area (Å²) in [6.07, 6.45) is 4.64. The minimum atomic E-state index is -0.134. The van der Waals surface area contributed by atoms with E-state index in [2.05, 4.69) is 10.1 Å². The fourth-order valence-electron chi connectivity index (χ4n) is 3.52. The van der Waals surface area contributed by atoms with Gasteiger partial charge in [0.2, 0.25) is 5.88 Å². The molecule has 7 heteroatoms. The molecule has 1 saturated heterocycles. The third-order valence-corrected chi connectivity index (χ3v) is 4.69. The standard InChI is InChI=1S/C17H19N3O4/c1-11-12(10-19-24-11)17(21)20-8-9-22-16-13(20)5-6-14(16)23-15-4-2-3-7-18-15/h2-4,7,10,13-14,16H,5-6,8-9H2,1H3/t13-,14-,16-/m1/s1. The van der Waals surface area contributed by atoms with Crippen LogP contribution in [0, 0.1) is 6.92 Å². The van der Waals surface area contributed by atoms with Gasteiger partial charge >= 0.3 is 0 Å². The maximum Gasteiger partial charge on any atom is 0.259 e. The average molecular weight is 329 g/mol. The Bertz CT molecular complexity index is 718. The Balaban J connectivity index is 1.50. The van der Waals surface area contributed by atoms with Crippen LogP contribution in [-0.4, -0.2) is 52.3 Å². The molecule has 2 aliphatic rings. The topological polar surface area (TPSA) is 77.7 Å². The molecule has 0 spiro atoms. The van der Waals surface area contributed by atoms with Crippen molar-refractivity contribution in [3.63, 3.8) is 0 Å². The van der Waals surface area contributed by atoms with Crippen molar-refractivity contribution in [3.05, 3.63) is 41.9 Å². The smallest absolute Gasteiger partial charge is 0.259 e. The molecule has 0 bridgehead atoms. The molecule has 0 radical (unpaired) electrons. The maximum atomic E-state index is 12.8. The molecule has 126 valence electrons. The lowest BCUT2D eigenvalue weighted by Crippen LogP contribution is -2.54. The normalized spacial score (nSPS) is 26.2. The Morgan fingerprint density at radius 1 is 1.38 bits per heavy atom. The summed E-state index contributed by atoms with van der Waals surface area (Å²) in [5.41, 5.74) is 0.518. The van der Waals surface area contributed by atoms with E-state index in [0.29, 0.717) is 30.4 Å². The van der Waals surface area contributed by atoms with Gasteiger partial charge < -0.3 is 18.9 Å². The van der Waals surface area contributed by atoms with Crippen molar-refractivity contribution < 1.29 is 18.8 Å². The lowest BCUT2D eigenvalue weighted by Gasteiger charge is -2.38. The first-order valence-corrected chi connectivity index (χ1v) is 8.15. The number of aryl methyl sites for hydroxylation is 1. The Morgan fingerprint density at radius 2 is 2.29 bits per heavy atom. The van der Waals surface area contributed by atoms with Crippen molar-refractivity contribution >= 4 is 5.91 Å². The Hall–Kier alpha value is -2.41. The number of amides is 1. The Morgan fingerprint density at radius 3 is 3.04 bits per heavy atom. The molecule has 0 aromatic carbocycles. The number of carbonyl (C=O) groups excluding carboxylic acids is 1. The molecular formula is C17H19N3O4. The van der Waals surface area contributed by atoms with Gasteiger partial charge in [-0.3, -0.25) is 4.79 Å². The SMILES string of the molecule is Cc1oncc1C(=O)N1CCO[C@@H]2[C@H]1CC[C@H]2Oc1ccccn1. The molecule has 0 unspecified atom stereocenters. The molecule has 3 heterocycles. The molecule has 1 aliphatic carbocycles.